The number of aromatic nitrogens is 2. The van der Waals surface area contributed by atoms with Crippen molar-refractivity contribution < 1.29 is 9.53 Å². The van der Waals surface area contributed by atoms with Crippen LogP contribution in [-0.4, -0.2) is 22.4 Å². The second kappa shape index (κ2) is 8.12. The highest BCUT2D eigenvalue weighted by molar-refractivity contribution is 7.19. The van der Waals surface area contributed by atoms with Gasteiger partial charge in [0.25, 0.3) is 5.56 Å². The van der Waals surface area contributed by atoms with Crippen LogP contribution in [0, 0.1) is 27.7 Å². The van der Waals surface area contributed by atoms with Crippen LogP contribution < -0.4 is 10.3 Å². The Labute approximate surface area is 185 Å². The minimum atomic E-state index is -0.193. The van der Waals surface area contributed by atoms with Gasteiger partial charge >= 0.3 is 0 Å². The molecule has 0 unspecified atom stereocenters. The summed E-state index contributed by atoms with van der Waals surface area (Å²) in [6.07, 6.45) is 0. The smallest absolute Gasteiger partial charge is 0.263 e. The van der Waals surface area contributed by atoms with Crippen molar-refractivity contribution in [2.45, 2.75) is 34.2 Å². The van der Waals surface area contributed by atoms with Crippen LogP contribution in [0.4, 0.5) is 0 Å². The Hall–Kier alpha value is -3.25. The van der Waals surface area contributed by atoms with Crippen LogP contribution in [0.5, 0.6) is 5.75 Å². The molecule has 31 heavy (non-hydrogen) atoms. The van der Waals surface area contributed by atoms with E-state index in [2.05, 4.69) is 4.98 Å². The average molecular weight is 433 g/mol. The van der Waals surface area contributed by atoms with Crippen molar-refractivity contribution in [1.29, 1.82) is 0 Å². The number of aryl methyl sites for hydroxylation is 4. The molecule has 4 rings (SSSR count). The van der Waals surface area contributed by atoms with Crippen LogP contribution >= 0.6 is 11.3 Å². The molecule has 0 bridgehead atoms. The highest BCUT2D eigenvalue weighted by atomic mass is 32.1. The normalized spacial score (nSPS) is 11.1. The van der Waals surface area contributed by atoms with E-state index < -0.39 is 0 Å². The zero-order valence-corrected chi connectivity index (χ0v) is 19.1. The second-order valence-corrected chi connectivity index (χ2v) is 8.92. The second-order valence-electron chi connectivity index (χ2n) is 7.72. The van der Waals surface area contributed by atoms with Gasteiger partial charge < -0.3 is 4.74 Å². The molecule has 2 heterocycles. The molecule has 0 atom stereocenters. The minimum absolute atomic E-state index is 0.0391. The van der Waals surface area contributed by atoms with Gasteiger partial charge in [0, 0.05) is 16.0 Å². The summed E-state index contributed by atoms with van der Waals surface area (Å²) in [5.41, 5.74) is 4.34. The first-order valence-corrected chi connectivity index (χ1v) is 10.9. The molecule has 0 saturated heterocycles. The maximum atomic E-state index is 13.5. The summed E-state index contributed by atoms with van der Waals surface area (Å²) in [5.74, 6) is 1.15. The number of Topliss-reactive ketones (excluding diaryl/α,β-unsaturated/α-hetero) is 1. The summed E-state index contributed by atoms with van der Waals surface area (Å²) in [5, 5.41) is 0.550. The third-order valence-corrected chi connectivity index (χ3v) is 6.67. The van der Waals surface area contributed by atoms with Crippen molar-refractivity contribution in [2.24, 2.45) is 0 Å². The van der Waals surface area contributed by atoms with Gasteiger partial charge in [-0.15, -0.1) is 11.3 Å². The van der Waals surface area contributed by atoms with Gasteiger partial charge in [0.05, 0.1) is 19.0 Å². The van der Waals surface area contributed by atoms with Crippen LogP contribution in [0.2, 0.25) is 0 Å². The Morgan fingerprint density at radius 3 is 2.55 bits per heavy atom. The Bertz CT molecular complexity index is 1380. The van der Waals surface area contributed by atoms with Gasteiger partial charge in [-0.1, -0.05) is 24.3 Å². The van der Waals surface area contributed by atoms with E-state index in [1.54, 1.807) is 14.0 Å². The van der Waals surface area contributed by atoms with E-state index in [9.17, 15) is 9.59 Å². The highest BCUT2D eigenvalue weighted by Gasteiger charge is 2.20. The third-order valence-electron chi connectivity index (χ3n) is 5.67. The number of rotatable bonds is 5. The van der Waals surface area contributed by atoms with Crippen molar-refractivity contribution in [1.82, 2.24) is 9.55 Å². The molecule has 0 aliphatic rings. The van der Waals surface area contributed by atoms with Gasteiger partial charge in [0.2, 0.25) is 0 Å². The number of carbonyl (C=O) groups excluding carboxylic acids is 1. The third kappa shape index (κ3) is 3.79. The fourth-order valence-electron chi connectivity index (χ4n) is 3.76. The summed E-state index contributed by atoms with van der Waals surface area (Å²) in [7, 11) is 1.62. The number of fused-ring (bicyclic) bond motifs is 1. The quantitative estimate of drug-likeness (QED) is 0.404. The van der Waals surface area contributed by atoms with E-state index in [0.29, 0.717) is 21.6 Å². The Balaban J connectivity index is 1.84. The molecule has 4 aromatic rings. The zero-order chi connectivity index (χ0) is 22.3. The molecule has 0 radical (unpaired) electrons. The van der Waals surface area contributed by atoms with E-state index in [-0.39, 0.29) is 17.9 Å². The maximum Gasteiger partial charge on any atom is 0.263 e. The maximum absolute atomic E-state index is 13.5. The van der Waals surface area contributed by atoms with Crippen LogP contribution in [-0.2, 0) is 6.54 Å². The molecule has 158 valence electrons. The number of ether oxygens (including phenoxy) is 1. The number of thiophene rings is 1. The molecule has 0 aliphatic carbocycles. The van der Waals surface area contributed by atoms with Crippen LogP contribution in [0.25, 0.3) is 21.3 Å². The van der Waals surface area contributed by atoms with Gasteiger partial charge in [-0.25, -0.2) is 4.98 Å². The lowest BCUT2D eigenvalue weighted by Gasteiger charge is -2.11. The summed E-state index contributed by atoms with van der Waals surface area (Å²) in [4.78, 5) is 32.9. The fourth-order valence-corrected chi connectivity index (χ4v) is 4.84. The van der Waals surface area contributed by atoms with Gasteiger partial charge in [-0.05, 0) is 62.6 Å². The van der Waals surface area contributed by atoms with Crippen LogP contribution in [0.1, 0.15) is 32.2 Å². The van der Waals surface area contributed by atoms with Gasteiger partial charge in [0.15, 0.2) is 5.78 Å². The standard InChI is InChI=1S/C25H24N2O3S/c1-14-9-10-18(11-15(14)2)21(28)13-27-17(4)26-24-23(25(27)29)22(16(3)31-24)19-7-6-8-20(12-19)30-5/h6-12H,13H2,1-5H3. The first kappa shape index (κ1) is 21.0. The monoisotopic (exact) mass is 432 g/mol. The number of methoxy groups -OCH3 is 1. The molecule has 0 spiro atoms. The highest BCUT2D eigenvalue weighted by Crippen LogP contribution is 2.37. The number of hydrogen-bond acceptors (Lipinski definition) is 5. The Morgan fingerprint density at radius 2 is 1.84 bits per heavy atom. The minimum Gasteiger partial charge on any atom is -0.497 e. The lowest BCUT2D eigenvalue weighted by molar-refractivity contribution is 0.0969. The number of hydrogen-bond donors (Lipinski definition) is 0. The first-order valence-electron chi connectivity index (χ1n) is 10.1. The molecule has 0 saturated carbocycles. The predicted molar refractivity (Wildman–Crippen MR) is 126 cm³/mol. The summed E-state index contributed by atoms with van der Waals surface area (Å²) >= 11 is 1.49. The van der Waals surface area contributed by atoms with Gasteiger partial charge in [0.1, 0.15) is 16.4 Å². The molecular formula is C25H24N2O3S. The van der Waals surface area contributed by atoms with Crippen molar-refractivity contribution in [3.05, 3.63) is 80.2 Å². The number of ketones is 1. The molecule has 5 nitrogen and oxygen atoms in total. The topological polar surface area (TPSA) is 61.2 Å². The van der Waals surface area contributed by atoms with Crippen molar-refractivity contribution in [2.75, 3.05) is 7.11 Å². The Kier molecular flexibility index (Phi) is 5.50. The molecule has 2 aromatic heterocycles. The molecule has 0 N–H and O–H groups in total. The SMILES string of the molecule is COc1cccc(-c2c(C)sc3nc(C)n(CC(=O)c4ccc(C)c(C)c4)c(=O)c23)c1. The lowest BCUT2D eigenvalue weighted by atomic mass is 10.0. The molecule has 0 fully saturated rings. The number of benzene rings is 2. The molecule has 6 heteroatoms. The van der Waals surface area contributed by atoms with Gasteiger partial charge in [-0.3, -0.25) is 14.2 Å². The molecular weight excluding hydrogens is 408 g/mol. The Morgan fingerprint density at radius 1 is 1.06 bits per heavy atom. The van der Waals surface area contributed by atoms with Crippen molar-refractivity contribution >= 4 is 27.3 Å². The summed E-state index contributed by atoms with van der Waals surface area (Å²) < 4.78 is 6.84. The largest absolute Gasteiger partial charge is 0.497 e. The molecule has 2 aromatic carbocycles. The molecule has 0 amide bonds. The van der Waals surface area contributed by atoms with E-state index in [1.807, 2.05) is 63.2 Å². The number of nitrogens with zero attached hydrogens (tertiary/aromatic N) is 2. The first-order chi connectivity index (χ1) is 14.8. The zero-order valence-electron chi connectivity index (χ0n) is 18.3. The predicted octanol–water partition coefficient (Wildman–Crippen LogP) is 5.25. The van der Waals surface area contributed by atoms with Crippen LogP contribution in [0.15, 0.2) is 47.3 Å². The molecule has 0 aliphatic heterocycles. The van der Waals surface area contributed by atoms with Crippen molar-refractivity contribution in [3.63, 3.8) is 0 Å². The van der Waals surface area contributed by atoms with E-state index in [4.69, 9.17) is 4.74 Å². The lowest BCUT2D eigenvalue weighted by Crippen LogP contribution is -2.27. The van der Waals surface area contributed by atoms with Crippen molar-refractivity contribution in [3.8, 4) is 16.9 Å². The van der Waals surface area contributed by atoms with Gasteiger partial charge in [-0.2, -0.15) is 0 Å². The fraction of sp³-hybridized carbons (Fsp3) is 0.240. The average Bonchev–Trinajstić information content (AvgIpc) is 3.08. The number of carbonyl (C=O) groups is 1. The van der Waals surface area contributed by atoms with E-state index in [0.717, 1.165) is 32.9 Å². The van der Waals surface area contributed by atoms with E-state index >= 15 is 0 Å². The summed E-state index contributed by atoms with van der Waals surface area (Å²) in [6.45, 7) is 7.71. The summed E-state index contributed by atoms with van der Waals surface area (Å²) in [6, 6.07) is 13.3. The van der Waals surface area contributed by atoms with E-state index in [1.165, 1.54) is 15.9 Å². The van der Waals surface area contributed by atoms with Crippen LogP contribution in [0.3, 0.4) is 0 Å².